The Morgan fingerprint density at radius 3 is 2.83 bits per heavy atom. The molecule has 0 heterocycles. The van der Waals surface area contributed by atoms with Crippen LogP contribution in [0.3, 0.4) is 0 Å². The van der Waals surface area contributed by atoms with E-state index >= 15 is 0 Å². The number of hydrogen-bond acceptors (Lipinski definition) is 4. The third-order valence-corrected chi connectivity index (χ3v) is 2.30. The molecule has 0 spiro atoms. The number of nitrogens with one attached hydrogen (secondary N) is 1. The number of rotatable bonds is 5. The number of phenolic OH excluding ortho intramolecular Hbond substituents is 1. The highest BCUT2D eigenvalue weighted by atomic mass is 16.5. The molecular weight excluding hydrogens is 234 g/mol. The summed E-state index contributed by atoms with van der Waals surface area (Å²) in [5.41, 5.74) is 0.271. The number of esters is 1. The van der Waals surface area contributed by atoms with Gasteiger partial charge in [0.05, 0.1) is 7.11 Å². The van der Waals surface area contributed by atoms with E-state index in [1.165, 1.54) is 31.4 Å². The van der Waals surface area contributed by atoms with Crippen LogP contribution in [0.1, 0.15) is 16.8 Å². The number of amides is 1. The Morgan fingerprint density at radius 2 is 2.28 bits per heavy atom. The summed E-state index contributed by atoms with van der Waals surface area (Å²) in [6.07, 6.45) is 1.79. The molecule has 0 bridgehead atoms. The number of phenols is 1. The van der Waals surface area contributed by atoms with E-state index < -0.39 is 17.9 Å². The standard InChI is InChI=1S/C13H15NO4/c1-3-5-11(13(17)18-2)14-12(16)9-6-4-7-10(15)8-9/h3-4,6-8,11,15H,1,5H2,2H3,(H,14,16)/t11-/m0/s1. The molecule has 0 fully saturated rings. The van der Waals surface area contributed by atoms with Crippen LogP contribution in [0.25, 0.3) is 0 Å². The highest BCUT2D eigenvalue weighted by Gasteiger charge is 2.20. The fraction of sp³-hybridized carbons (Fsp3) is 0.231. The predicted molar refractivity (Wildman–Crippen MR) is 66.2 cm³/mol. The first kappa shape index (κ1) is 13.8. The van der Waals surface area contributed by atoms with Crippen molar-refractivity contribution in [1.29, 1.82) is 0 Å². The zero-order valence-corrected chi connectivity index (χ0v) is 10.1. The SMILES string of the molecule is C=CC[C@H](NC(=O)c1cccc(O)c1)C(=O)OC. The van der Waals surface area contributed by atoms with Gasteiger partial charge >= 0.3 is 5.97 Å². The van der Waals surface area contributed by atoms with E-state index in [4.69, 9.17) is 0 Å². The molecule has 0 radical (unpaired) electrons. The van der Waals surface area contributed by atoms with Gasteiger partial charge in [0.15, 0.2) is 0 Å². The maximum absolute atomic E-state index is 11.8. The van der Waals surface area contributed by atoms with E-state index in [1.54, 1.807) is 6.07 Å². The van der Waals surface area contributed by atoms with E-state index in [0.717, 1.165) is 0 Å². The van der Waals surface area contributed by atoms with Gasteiger partial charge in [-0.1, -0.05) is 12.1 Å². The predicted octanol–water partition coefficient (Wildman–Crippen LogP) is 1.24. The van der Waals surface area contributed by atoms with E-state index in [9.17, 15) is 14.7 Å². The van der Waals surface area contributed by atoms with Gasteiger partial charge in [0.1, 0.15) is 11.8 Å². The largest absolute Gasteiger partial charge is 0.508 e. The molecule has 96 valence electrons. The number of carbonyl (C=O) groups excluding carboxylic acids is 2. The summed E-state index contributed by atoms with van der Waals surface area (Å²) in [5.74, 6) is -1.01. The van der Waals surface area contributed by atoms with Crippen molar-refractivity contribution < 1.29 is 19.4 Å². The normalized spacial score (nSPS) is 11.4. The van der Waals surface area contributed by atoms with Gasteiger partial charge in [0.2, 0.25) is 0 Å². The first-order valence-corrected chi connectivity index (χ1v) is 5.37. The van der Waals surface area contributed by atoms with E-state index in [0.29, 0.717) is 0 Å². The summed E-state index contributed by atoms with van der Waals surface area (Å²) in [6.45, 7) is 3.51. The topological polar surface area (TPSA) is 75.6 Å². The maximum Gasteiger partial charge on any atom is 0.328 e. The fourth-order valence-electron chi connectivity index (χ4n) is 1.41. The van der Waals surface area contributed by atoms with Gasteiger partial charge in [0.25, 0.3) is 5.91 Å². The molecule has 1 rings (SSSR count). The van der Waals surface area contributed by atoms with Crippen molar-refractivity contribution in [3.8, 4) is 5.75 Å². The highest BCUT2D eigenvalue weighted by Crippen LogP contribution is 2.11. The maximum atomic E-state index is 11.8. The zero-order chi connectivity index (χ0) is 13.5. The second-order valence-corrected chi connectivity index (χ2v) is 3.62. The van der Waals surface area contributed by atoms with Crippen LogP contribution in [0.15, 0.2) is 36.9 Å². The average Bonchev–Trinajstić information content (AvgIpc) is 2.37. The molecule has 2 N–H and O–H groups in total. The van der Waals surface area contributed by atoms with Crippen molar-refractivity contribution in [2.75, 3.05) is 7.11 Å². The van der Waals surface area contributed by atoms with Crippen LogP contribution < -0.4 is 5.32 Å². The van der Waals surface area contributed by atoms with Gasteiger partial charge < -0.3 is 15.2 Å². The molecule has 0 saturated carbocycles. The van der Waals surface area contributed by atoms with Crippen LogP contribution >= 0.6 is 0 Å². The zero-order valence-electron chi connectivity index (χ0n) is 10.1. The molecule has 1 aromatic rings. The van der Waals surface area contributed by atoms with Gasteiger partial charge in [0, 0.05) is 5.56 Å². The minimum atomic E-state index is -0.776. The number of ether oxygens (including phenoxy) is 1. The number of aromatic hydroxyl groups is 1. The number of hydrogen-bond donors (Lipinski definition) is 2. The molecule has 0 saturated heterocycles. The van der Waals surface area contributed by atoms with Crippen molar-refractivity contribution in [2.24, 2.45) is 0 Å². The molecule has 1 atom stereocenters. The van der Waals surface area contributed by atoms with Gasteiger partial charge in [-0.3, -0.25) is 4.79 Å². The second-order valence-electron chi connectivity index (χ2n) is 3.62. The van der Waals surface area contributed by atoms with E-state index in [1.807, 2.05) is 0 Å². The minimum absolute atomic E-state index is 0.0130. The lowest BCUT2D eigenvalue weighted by Crippen LogP contribution is -2.41. The molecule has 5 nitrogen and oxygen atoms in total. The highest BCUT2D eigenvalue weighted by molar-refractivity contribution is 5.97. The summed E-state index contributed by atoms with van der Waals surface area (Å²) < 4.78 is 4.57. The Labute approximate surface area is 105 Å². The monoisotopic (exact) mass is 249 g/mol. The smallest absolute Gasteiger partial charge is 0.328 e. The number of benzene rings is 1. The molecule has 1 aromatic carbocycles. The van der Waals surface area contributed by atoms with E-state index in [-0.39, 0.29) is 17.7 Å². The lowest BCUT2D eigenvalue weighted by molar-refractivity contribution is -0.142. The van der Waals surface area contributed by atoms with Crippen LogP contribution in [0, 0.1) is 0 Å². The molecule has 5 heteroatoms. The Balaban J connectivity index is 2.78. The first-order chi connectivity index (χ1) is 8.58. The Kier molecular flexibility index (Phi) is 4.92. The molecule has 0 aliphatic carbocycles. The summed E-state index contributed by atoms with van der Waals surface area (Å²) in [5, 5.41) is 11.8. The van der Waals surface area contributed by atoms with E-state index in [2.05, 4.69) is 16.6 Å². The van der Waals surface area contributed by atoms with Crippen molar-refractivity contribution in [1.82, 2.24) is 5.32 Å². The summed E-state index contributed by atoms with van der Waals surface area (Å²) in [6, 6.07) is 5.08. The quantitative estimate of drug-likeness (QED) is 0.608. The van der Waals surface area contributed by atoms with Crippen molar-refractivity contribution in [3.05, 3.63) is 42.5 Å². The van der Waals surface area contributed by atoms with Gasteiger partial charge in [-0.25, -0.2) is 4.79 Å². The second kappa shape index (κ2) is 6.44. The molecule has 18 heavy (non-hydrogen) atoms. The van der Waals surface area contributed by atoms with Crippen LogP contribution in [-0.2, 0) is 9.53 Å². The van der Waals surface area contributed by atoms with Crippen LogP contribution in [0.5, 0.6) is 5.75 Å². The van der Waals surface area contributed by atoms with Gasteiger partial charge in [-0.2, -0.15) is 0 Å². The Hall–Kier alpha value is -2.30. The lowest BCUT2D eigenvalue weighted by atomic mass is 10.1. The van der Waals surface area contributed by atoms with Crippen molar-refractivity contribution in [2.45, 2.75) is 12.5 Å². The average molecular weight is 249 g/mol. The third-order valence-electron chi connectivity index (χ3n) is 2.30. The van der Waals surface area contributed by atoms with Crippen LogP contribution in [-0.4, -0.2) is 30.1 Å². The Morgan fingerprint density at radius 1 is 1.56 bits per heavy atom. The van der Waals surface area contributed by atoms with Gasteiger partial charge in [-0.05, 0) is 24.6 Å². The third kappa shape index (κ3) is 3.62. The molecule has 0 aromatic heterocycles. The first-order valence-electron chi connectivity index (χ1n) is 5.37. The molecule has 0 aliphatic rings. The fourth-order valence-corrected chi connectivity index (χ4v) is 1.41. The van der Waals surface area contributed by atoms with Gasteiger partial charge in [-0.15, -0.1) is 6.58 Å². The van der Waals surface area contributed by atoms with Crippen molar-refractivity contribution in [3.63, 3.8) is 0 Å². The Bertz CT molecular complexity index is 456. The van der Waals surface area contributed by atoms with Crippen LogP contribution in [0.4, 0.5) is 0 Å². The summed E-state index contributed by atoms with van der Waals surface area (Å²) in [4.78, 5) is 23.2. The number of methoxy groups -OCH3 is 1. The van der Waals surface area contributed by atoms with Crippen molar-refractivity contribution >= 4 is 11.9 Å². The number of carbonyl (C=O) groups is 2. The minimum Gasteiger partial charge on any atom is -0.508 e. The molecule has 0 unspecified atom stereocenters. The summed E-state index contributed by atoms with van der Waals surface area (Å²) in [7, 11) is 1.25. The lowest BCUT2D eigenvalue weighted by Gasteiger charge is -2.14. The molecule has 1 amide bonds. The van der Waals surface area contributed by atoms with Crippen LogP contribution in [0.2, 0.25) is 0 Å². The summed E-state index contributed by atoms with van der Waals surface area (Å²) >= 11 is 0. The molecule has 0 aliphatic heterocycles. The molecular formula is C13H15NO4.